The maximum Gasteiger partial charge on any atom is 0.408 e. The number of aliphatic carboxylic acids is 1. The summed E-state index contributed by atoms with van der Waals surface area (Å²) in [5.41, 5.74) is -0.805. The summed E-state index contributed by atoms with van der Waals surface area (Å²) in [4.78, 5) is 36.6. The zero-order valence-electron chi connectivity index (χ0n) is 12.9. The van der Waals surface area contributed by atoms with Gasteiger partial charge >= 0.3 is 12.1 Å². The fourth-order valence-corrected chi connectivity index (χ4v) is 3.97. The topological polar surface area (TPSA) is 136 Å². The zero-order valence-corrected chi connectivity index (χ0v) is 13.7. The molecule has 5 atom stereocenters. The molecule has 0 spiro atoms. The lowest BCUT2D eigenvalue weighted by Crippen LogP contribution is -2.68. The molecule has 2 fully saturated rings. The van der Waals surface area contributed by atoms with Crippen LogP contribution in [0, 0.1) is 0 Å². The number of nitrogens with zero attached hydrogens (tertiary/aromatic N) is 1. The lowest BCUT2D eigenvalue weighted by molar-refractivity contribution is -0.162. The number of carbonyl (C=O) groups is 3. The highest BCUT2D eigenvalue weighted by molar-refractivity contribution is 8.00. The standard InChI is InChI=1S/C13H20N2O7S/c1-13(2,3)22-12(21)14-6-7(16)8(17)10-15(9(6)18)5(4-23-10)11(19)20/h5-8,10,16-17H,4H2,1-3H3,(H,14,21)(H,19,20)/t5-,6-,7+,8-,10-/m0/s1. The van der Waals surface area contributed by atoms with Crippen LogP contribution in [0.25, 0.3) is 0 Å². The maximum atomic E-state index is 12.5. The lowest BCUT2D eigenvalue weighted by Gasteiger charge is -2.42. The number of carboxylic acid groups (broad SMARTS) is 1. The number of carbonyl (C=O) groups excluding carboxylic acids is 2. The van der Waals surface area contributed by atoms with Gasteiger partial charge in [-0.05, 0) is 20.8 Å². The molecular weight excluding hydrogens is 328 g/mol. The molecule has 2 aliphatic heterocycles. The average Bonchev–Trinajstić information content (AvgIpc) is 2.84. The second-order valence-electron chi connectivity index (χ2n) is 6.43. The molecule has 2 amide bonds. The monoisotopic (exact) mass is 348 g/mol. The molecule has 0 aromatic rings. The fourth-order valence-electron chi connectivity index (χ4n) is 2.51. The van der Waals surface area contributed by atoms with E-state index >= 15 is 0 Å². The summed E-state index contributed by atoms with van der Waals surface area (Å²) in [5.74, 6) is -1.85. The predicted molar refractivity (Wildman–Crippen MR) is 79.7 cm³/mol. The first kappa shape index (κ1) is 17.8. The molecule has 2 rings (SSSR count). The highest BCUT2D eigenvalue weighted by Crippen LogP contribution is 2.37. The van der Waals surface area contributed by atoms with E-state index in [1.807, 2.05) is 0 Å². The Kier molecular flexibility index (Phi) is 4.79. The maximum absolute atomic E-state index is 12.5. The van der Waals surface area contributed by atoms with Crippen LogP contribution in [0.15, 0.2) is 0 Å². The van der Waals surface area contributed by atoms with Crippen molar-refractivity contribution < 1.29 is 34.4 Å². The third-order valence-corrected chi connectivity index (χ3v) is 4.85. The Hall–Kier alpha value is -1.52. The predicted octanol–water partition coefficient (Wildman–Crippen LogP) is -1.03. The number of nitrogens with one attached hydrogen (secondary N) is 1. The van der Waals surface area contributed by atoms with Crippen LogP contribution < -0.4 is 5.32 Å². The van der Waals surface area contributed by atoms with Crippen LogP contribution in [0.4, 0.5) is 4.79 Å². The zero-order chi connectivity index (χ0) is 17.5. The van der Waals surface area contributed by atoms with Crippen LogP contribution >= 0.6 is 11.8 Å². The molecule has 2 saturated heterocycles. The van der Waals surface area contributed by atoms with Crippen LogP contribution in [0.2, 0.25) is 0 Å². The second kappa shape index (κ2) is 6.17. The number of hydrogen-bond acceptors (Lipinski definition) is 7. The van der Waals surface area contributed by atoms with Crippen molar-refractivity contribution in [2.75, 3.05) is 5.75 Å². The Morgan fingerprint density at radius 2 is 1.91 bits per heavy atom. The first-order valence-electron chi connectivity index (χ1n) is 7.05. The van der Waals surface area contributed by atoms with Crippen LogP contribution in [-0.2, 0) is 14.3 Å². The number of amides is 2. The highest BCUT2D eigenvalue weighted by Gasteiger charge is 2.55. The normalized spacial score (nSPS) is 34.0. The molecule has 2 heterocycles. The summed E-state index contributed by atoms with van der Waals surface area (Å²) in [6.07, 6.45) is -3.85. The number of alkyl carbamates (subject to hydrolysis) is 1. The van der Waals surface area contributed by atoms with Gasteiger partial charge in [0.25, 0.3) is 0 Å². The molecule has 0 aromatic carbocycles. The van der Waals surface area contributed by atoms with Crippen LogP contribution in [0.3, 0.4) is 0 Å². The number of aliphatic hydroxyl groups excluding tert-OH is 2. The second-order valence-corrected chi connectivity index (χ2v) is 7.58. The van der Waals surface area contributed by atoms with Crippen LogP contribution in [0.1, 0.15) is 20.8 Å². The van der Waals surface area contributed by atoms with Crippen molar-refractivity contribution in [3.63, 3.8) is 0 Å². The number of piperidine rings is 1. The number of fused-ring (bicyclic) bond motifs is 1. The number of ether oxygens (including phenoxy) is 1. The summed E-state index contributed by atoms with van der Waals surface area (Å²) < 4.78 is 5.02. The Balaban J connectivity index is 2.18. The van der Waals surface area contributed by atoms with Gasteiger partial charge < -0.3 is 30.3 Å². The van der Waals surface area contributed by atoms with Gasteiger partial charge in [0, 0.05) is 5.75 Å². The van der Waals surface area contributed by atoms with Crippen molar-refractivity contribution in [1.29, 1.82) is 0 Å². The third-order valence-electron chi connectivity index (χ3n) is 3.50. The van der Waals surface area contributed by atoms with Crippen molar-refractivity contribution in [2.45, 2.75) is 56.0 Å². The molecule has 23 heavy (non-hydrogen) atoms. The van der Waals surface area contributed by atoms with Gasteiger partial charge in [0.2, 0.25) is 5.91 Å². The summed E-state index contributed by atoms with van der Waals surface area (Å²) >= 11 is 1.08. The van der Waals surface area contributed by atoms with E-state index in [2.05, 4.69) is 5.32 Å². The summed E-state index contributed by atoms with van der Waals surface area (Å²) in [5, 5.41) is 30.8. The van der Waals surface area contributed by atoms with Gasteiger partial charge in [-0.15, -0.1) is 11.8 Å². The molecule has 0 aliphatic carbocycles. The van der Waals surface area contributed by atoms with E-state index in [0.717, 1.165) is 16.7 Å². The van der Waals surface area contributed by atoms with E-state index in [-0.39, 0.29) is 5.75 Å². The van der Waals surface area contributed by atoms with Gasteiger partial charge in [0.15, 0.2) is 0 Å². The minimum Gasteiger partial charge on any atom is -0.480 e. The van der Waals surface area contributed by atoms with Crippen molar-refractivity contribution in [2.24, 2.45) is 0 Å². The Morgan fingerprint density at radius 1 is 1.30 bits per heavy atom. The van der Waals surface area contributed by atoms with E-state index < -0.39 is 53.2 Å². The van der Waals surface area contributed by atoms with Crippen LogP contribution in [0.5, 0.6) is 0 Å². The van der Waals surface area contributed by atoms with Gasteiger partial charge in [-0.25, -0.2) is 9.59 Å². The van der Waals surface area contributed by atoms with Crippen molar-refractivity contribution in [3.8, 4) is 0 Å². The Morgan fingerprint density at radius 3 is 2.43 bits per heavy atom. The lowest BCUT2D eigenvalue weighted by atomic mass is 9.97. The molecule has 0 unspecified atom stereocenters. The van der Waals surface area contributed by atoms with E-state index in [9.17, 15) is 29.7 Å². The molecule has 0 saturated carbocycles. The smallest absolute Gasteiger partial charge is 0.408 e. The fraction of sp³-hybridized carbons (Fsp3) is 0.769. The largest absolute Gasteiger partial charge is 0.480 e. The molecule has 9 nitrogen and oxygen atoms in total. The number of rotatable bonds is 2. The van der Waals surface area contributed by atoms with E-state index in [0.29, 0.717) is 0 Å². The highest BCUT2D eigenvalue weighted by atomic mass is 32.2. The minimum absolute atomic E-state index is 0.106. The SMILES string of the molecule is CC(C)(C)OC(=O)N[C@@H]1C(=O)N2[C@H](C(=O)O)CS[C@H]2[C@@H](O)[C@@H]1O. The molecule has 0 aromatic heterocycles. The van der Waals surface area contributed by atoms with E-state index in [1.165, 1.54) is 0 Å². The quantitative estimate of drug-likeness (QED) is 0.497. The minimum atomic E-state index is -1.55. The molecule has 0 radical (unpaired) electrons. The molecular formula is C13H20N2O7S. The summed E-state index contributed by atoms with van der Waals surface area (Å²) in [6, 6.07) is -2.57. The number of hydrogen-bond donors (Lipinski definition) is 4. The van der Waals surface area contributed by atoms with Crippen LogP contribution in [-0.4, -0.2) is 79.2 Å². The van der Waals surface area contributed by atoms with Crippen molar-refractivity contribution >= 4 is 29.7 Å². The third kappa shape index (κ3) is 3.54. The Bertz CT molecular complexity index is 521. The number of carboxylic acids is 1. The van der Waals surface area contributed by atoms with E-state index in [1.54, 1.807) is 20.8 Å². The van der Waals surface area contributed by atoms with Gasteiger partial charge in [0.05, 0.1) is 0 Å². The van der Waals surface area contributed by atoms with Crippen molar-refractivity contribution in [1.82, 2.24) is 10.2 Å². The van der Waals surface area contributed by atoms with Gasteiger partial charge in [-0.3, -0.25) is 4.79 Å². The van der Waals surface area contributed by atoms with Gasteiger partial charge in [0.1, 0.15) is 35.3 Å². The average molecular weight is 348 g/mol. The molecule has 130 valence electrons. The Labute approximate surface area is 137 Å². The van der Waals surface area contributed by atoms with Gasteiger partial charge in [-0.1, -0.05) is 0 Å². The number of aliphatic hydroxyl groups is 2. The molecule has 4 N–H and O–H groups in total. The summed E-state index contributed by atoms with van der Waals surface area (Å²) in [7, 11) is 0. The first-order chi connectivity index (χ1) is 10.5. The van der Waals surface area contributed by atoms with E-state index in [4.69, 9.17) is 4.74 Å². The molecule has 0 bridgehead atoms. The molecule has 2 aliphatic rings. The number of thioether (sulfide) groups is 1. The van der Waals surface area contributed by atoms with Gasteiger partial charge in [-0.2, -0.15) is 0 Å². The first-order valence-corrected chi connectivity index (χ1v) is 8.10. The molecule has 10 heteroatoms. The summed E-state index contributed by atoms with van der Waals surface area (Å²) in [6.45, 7) is 4.90. The van der Waals surface area contributed by atoms with Crippen molar-refractivity contribution in [3.05, 3.63) is 0 Å².